The molecule has 1 unspecified atom stereocenters. The zero-order valence-corrected chi connectivity index (χ0v) is 13.7. The topological polar surface area (TPSA) is 49.8 Å². The third-order valence-electron chi connectivity index (χ3n) is 2.87. The van der Waals surface area contributed by atoms with Gasteiger partial charge >= 0.3 is 0 Å². The molecule has 1 aromatic heterocycles. The summed E-state index contributed by atoms with van der Waals surface area (Å²) in [4.78, 5) is 9.19. The lowest BCUT2D eigenvalue weighted by Crippen LogP contribution is -2.24. The van der Waals surface area contributed by atoms with E-state index in [1.54, 1.807) is 0 Å². The van der Waals surface area contributed by atoms with Crippen LogP contribution in [0.2, 0.25) is 0 Å². The van der Waals surface area contributed by atoms with E-state index in [0.29, 0.717) is 6.04 Å². The molecule has 0 radical (unpaired) electrons. The van der Waals surface area contributed by atoms with Crippen molar-refractivity contribution in [1.29, 1.82) is 0 Å². The molecule has 0 aromatic carbocycles. The highest BCUT2D eigenvalue weighted by molar-refractivity contribution is 7.98. The number of thioether (sulfide) groups is 1. The van der Waals surface area contributed by atoms with Gasteiger partial charge in [-0.3, -0.25) is 0 Å². The first kappa shape index (κ1) is 16.1. The Morgan fingerprint density at radius 1 is 1.26 bits per heavy atom. The zero-order chi connectivity index (χ0) is 14.5. The third-order valence-corrected chi connectivity index (χ3v) is 3.60. The fourth-order valence-electron chi connectivity index (χ4n) is 1.66. The van der Waals surface area contributed by atoms with E-state index in [9.17, 15) is 0 Å². The molecular formula is C14H26N4S. The molecule has 0 saturated heterocycles. The number of rotatable bonds is 6. The molecule has 1 atom stereocenters. The van der Waals surface area contributed by atoms with Crippen LogP contribution in [-0.4, -0.2) is 35.1 Å². The standard InChI is InChI=1S/C14H26N4S/c1-7-10(9-19-6)16-12-8-11(15-5)17-13(18-12)14(2,3)4/h8,10H,7,9H2,1-6H3,(H2,15,16,17,18). The number of aromatic nitrogens is 2. The van der Waals surface area contributed by atoms with Crippen molar-refractivity contribution in [3.8, 4) is 0 Å². The highest BCUT2D eigenvalue weighted by Gasteiger charge is 2.19. The summed E-state index contributed by atoms with van der Waals surface area (Å²) in [6.45, 7) is 8.58. The van der Waals surface area contributed by atoms with Gasteiger partial charge in [-0.1, -0.05) is 27.7 Å². The first-order valence-corrected chi connectivity index (χ1v) is 8.12. The molecule has 108 valence electrons. The van der Waals surface area contributed by atoms with Gasteiger partial charge in [0.1, 0.15) is 17.5 Å². The van der Waals surface area contributed by atoms with E-state index >= 15 is 0 Å². The van der Waals surface area contributed by atoms with Crippen molar-refractivity contribution in [2.24, 2.45) is 0 Å². The van der Waals surface area contributed by atoms with Crippen LogP contribution in [0.4, 0.5) is 11.6 Å². The minimum atomic E-state index is -0.0511. The van der Waals surface area contributed by atoms with Crippen molar-refractivity contribution in [3.05, 3.63) is 11.9 Å². The third kappa shape index (κ3) is 4.90. The zero-order valence-electron chi connectivity index (χ0n) is 12.9. The largest absolute Gasteiger partial charge is 0.373 e. The van der Waals surface area contributed by atoms with E-state index < -0.39 is 0 Å². The van der Waals surface area contributed by atoms with E-state index in [1.165, 1.54) is 0 Å². The van der Waals surface area contributed by atoms with E-state index in [0.717, 1.165) is 29.6 Å². The second-order valence-corrected chi connectivity index (χ2v) is 6.58. The fraction of sp³-hybridized carbons (Fsp3) is 0.714. The van der Waals surface area contributed by atoms with E-state index in [2.05, 4.69) is 54.6 Å². The molecule has 1 aromatic rings. The molecule has 0 fully saturated rings. The fourth-order valence-corrected chi connectivity index (χ4v) is 2.38. The van der Waals surface area contributed by atoms with Crippen LogP contribution in [0.5, 0.6) is 0 Å². The first-order valence-electron chi connectivity index (χ1n) is 6.73. The summed E-state index contributed by atoms with van der Waals surface area (Å²) >= 11 is 1.85. The van der Waals surface area contributed by atoms with Crippen LogP contribution in [0.1, 0.15) is 39.9 Å². The lowest BCUT2D eigenvalue weighted by molar-refractivity contribution is 0.546. The Labute approximate surface area is 121 Å². The average Bonchev–Trinajstić information content (AvgIpc) is 2.36. The minimum absolute atomic E-state index is 0.0511. The van der Waals surface area contributed by atoms with Gasteiger partial charge in [0, 0.05) is 30.3 Å². The summed E-state index contributed by atoms with van der Waals surface area (Å²) in [6, 6.07) is 2.42. The molecule has 4 nitrogen and oxygen atoms in total. The molecule has 0 aliphatic carbocycles. The average molecular weight is 282 g/mol. The van der Waals surface area contributed by atoms with Crippen molar-refractivity contribution < 1.29 is 0 Å². The number of hydrogen-bond acceptors (Lipinski definition) is 5. The van der Waals surface area contributed by atoms with Gasteiger partial charge in [0.2, 0.25) is 0 Å². The van der Waals surface area contributed by atoms with Crippen molar-refractivity contribution in [2.75, 3.05) is 29.7 Å². The molecule has 0 bridgehead atoms. The lowest BCUT2D eigenvalue weighted by atomic mass is 9.96. The van der Waals surface area contributed by atoms with Gasteiger partial charge in [0.05, 0.1) is 0 Å². The van der Waals surface area contributed by atoms with E-state index in [1.807, 2.05) is 24.9 Å². The van der Waals surface area contributed by atoms with Gasteiger partial charge in [-0.05, 0) is 12.7 Å². The summed E-state index contributed by atoms with van der Waals surface area (Å²) in [5, 5.41) is 6.61. The molecule has 0 spiro atoms. The van der Waals surface area contributed by atoms with E-state index in [4.69, 9.17) is 0 Å². The highest BCUT2D eigenvalue weighted by Crippen LogP contribution is 2.22. The van der Waals surface area contributed by atoms with Gasteiger partial charge in [-0.15, -0.1) is 0 Å². The van der Waals surface area contributed by atoms with Crippen molar-refractivity contribution >= 4 is 23.4 Å². The van der Waals surface area contributed by atoms with Crippen LogP contribution in [0.15, 0.2) is 6.07 Å². The minimum Gasteiger partial charge on any atom is -0.373 e. The Morgan fingerprint density at radius 2 is 1.89 bits per heavy atom. The molecule has 5 heteroatoms. The summed E-state index contributed by atoms with van der Waals surface area (Å²) < 4.78 is 0. The Balaban J connectivity index is 3.00. The van der Waals surface area contributed by atoms with Gasteiger partial charge in [-0.25, -0.2) is 9.97 Å². The van der Waals surface area contributed by atoms with Crippen LogP contribution in [0, 0.1) is 0 Å². The SMILES string of the molecule is CCC(CSC)Nc1cc(NC)nc(C(C)(C)C)n1. The monoisotopic (exact) mass is 282 g/mol. The summed E-state index contributed by atoms with van der Waals surface area (Å²) in [5.41, 5.74) is -0.0511. The van der Waals surface area contributed by atoms with Gasteiger partial charge < -0.3 is 10.6 Å². The maximum Gasteiger partial charge on any atom is 0.138 e. The Bertz CT molecular complexity index is 401. The summed E-state index contributed by atoms with van der Waals surface area (Å²) in [5.74, 6) is 3.72. The molecule has 19 heavy (non-hydrogen) atoms. The number of nitrogens with one attached hydrogen (secondary N) is 2. The smallest absolute Gasteiger partial charge is 0.138 e. The first-order chi connectivity index (χ1) is 8.90. The predicted molar refractivity (Wildman–Crippen MR) is 86.4 cm³/mol. The summed E-state index contributed by atoms with van der Waals surface area (Å²) in [7, 11) is 1.89. The number of hydrogen-bond donors (Lipinski definition) is 2. The molecule has 0 aliphatic heterocycles. The van der Waals surface area contributed by atoms with Crippen molar-refractivity contribution in [2.45, 2.75) is 45.6 Å². The van der Waals surface area contributed by atoms with Crippen LogP contribution in [-0.2, 0) is 5.41 Å². The van der Waals surface area contributed by atoms with Crippen LogP contribution >= 0.6 is 11.8 Å². The van der Waals surface area contributed by atoms with Gasteiger partial charge in [0.15, 0.2) is 0 Å². The van der Waals surface area contributed by atoms with E-state index in [-0.39, 0.29) is 5.41 Å². The van der Waals surface area contributed by atoms with Crippen LogP contribution < -0.4 is 10.6 Å². The number of anilines is 2. The molecular weight excluding hydrogens is 256 g/mol. The second kappa shape index (κ2) is 6.98. The molecule has 1 heterocycles. The Morgan fingerprint density at radius 3 is 2.37 bits per heavy atom. The predicted octanol–water partition coefficient (Wildman–Crippen LogP) is 3.37. The highest BCUT2D eigenvalue weighted by atomic mass is 32.2. The quantitative estimate of drug-likeness (QED) is 0.838. The molecule has 2 N–H and O–H groups in total. The maximum absolute atomic E-state index is 4.65. The maximum atomic E-state index is 4.65. The van der Waals surface area contributed by atoms with Crippen molar-refractivity contribution in [3.63, 3.8) is 0 Å². The molecule has 0 amide bonds. The van der Waals surface area contributed by atoms with Gasteiger partial charge in [-0.2, -0.15) is 11.8 Å². The van der Waals surface area contributed by atoms with Crippen LogP contribution in [0.3, 0.4) is 0 Å². The normalized spacial score (nSPS) is 13.2. The molecule has 0 saturated carbocycles. The second-order valence-electron chi connectivity index (χ2n) is 5.67. The molecule has 1 rings (SSSR count). The van der Waals surface area contributed by atoms with Gasteiger partial charge in [0.25, 0.3) is 0 Å². The molecule has 0 aliphatic rings. The Hall–Kier alpha value is -0.970. The Kier molecular flexibility index (Phi) is 5.91. The van der Waals surface area contributed by atoms with Crippen molar-refractivity contribution in [1.82, 2.24) is 9.97 Å². The van der Waals surface area contributed by atoms with Crippen LogP contribution in [0.25, 0.3) is 0 Å². The number of nitrogens with zero attached hydrogens (tertiary/aromatic N) is 2. The lowest BCUT2D eigenvalue weighted by Gasteiger charge is -2.21. The summed E-state index contributed by atoms with van der Waals surface area (Å²) in [6.07, 6.45) is 3.22.